The van der Waals surface area contributed by atoms with Crippen LogP contribution >= 0.6 is 0 Å². The predicted molar refractivity (Wildman–Crippen MR) is 104 cm³/mol. The van der Waals surface area contributed by atoms with Gasteiger partial charge in [0.15, 0.2) is 6.61 Å². The molecule has 11 heteroatoms. The minimum absolute atomic E-state index is 0.0203. The van der Waals surface area contributed by atoms with Crippen molar-refractivity contribution in [3.05, 3.63) is 78.2 Å². The van der Waals surface area contributed by atoms with Crippen LogP contribution in [0.1, 0.15) is 15.9 Å². The van der Waals surface area contributed by atoms with E-state index in [-0.39, 0.29) is 23.6 Å². The molecule has 0 bridgehead atoms. The van der Waals surface area contributed by atoms with Crippen LogP contribution in [0.15, 0.2) is 67.1 Å². The molecule has 0 atom stereocenters. The Balaban J connectivity index is 1.56. The van der Waals surface area contributed by atoms with E-state index in [1.165, 1.54) is 42.7 Å². The number of pyridine rings is 2. The van der Waals surface area contributed by atoms with E-state index in [1.807, 2.05) is 0 Å². The number of carbonyl (C=O) groups is 2. The van der Waals surface area contributed by atoms with Crippen LogP contribution < -0.4 is 14.8 Å². The number of para-hydroxylation sites is 1. The highest BCUT2D eigenvalue weighted by atomic mass is 19.4. The first-order valence-corrected chi connectivity index (χ1v) is 9.12. The molecule has 0 aliphatic carbocycles. The van der Waals surface area contributed by atoms with Crippen molar-refractivity contribution in [1.29, 1.82) is 0 Å². The van der Waals surface area contributed by atoms with E-state index in [4.69, 9.17) is 9.47 Å². The maximum atomic E-state index is 12.5. The maximum absolute atomic E-state index is 12.5. The fourth-order valence-electron chi connectivity index (χ4n) is 2.47. The Kier molecular flexibility index (Phi) is 7.21. The Bertz CT molecular complexity index is 1080. The zero-order chi connectivity index (χ0) is 23.0. The molecule has 0 fully saturated rings. The second kappa shape index (κ2) is 10.2. The first-order valence-electron chi connectivity index (χ1n) is 9.12. The molecule has 2 aromatic heterocycles. The van der Waals surface area contributed by atoms with E-state index < -0.39 is 30.6 Å². The quantitative estimate of drug-likeness (QED) is 0.527. The number of ether oxygens (including phenoxy) is 3. The summed E-state index contributed by atoms with van der Waals surface area (Å²) in [6, 6.07) is 11.5. The fourth-order valence-corrected chi connectivity index (χ4v) is 2.47. The lowest BCUT2D eigenvalue weighted by Gasteiger charge is -2.13. The number of aromatic nitrogens is 2. The summed E-state index contributed by atoms with van der Waals surface area (Å²) in [5.41, 5.74) is 0.0805. The third-order valence-corrected chi connectivity index (χ3v) is 3.85. The Hall–Kier alpha value is -4.15. The Morgan fingerprint density at radius 3 is 2.53 bits per heavy atom. The van der Waals surface area contributed by atoms with E-state index in [0.29, 0.717) is 5.75 Å². The molecular formula is C21H16F3N3O5. The summed E-state index contributed by atoms with van der Waals surface area (Å²) in [6.45, 7) is -0.923. The number of rotatable bonds is 8. The summed E-state index contributed by atoms with van der Waals surface area (Å²) in [5, 5.41) is 2.37. The Morgan fingerprint density at radius 1 is 1.00 bits per heavy atom. The standard InChI is InChI=1S/C21H16F3N3O5/c22-21(23,24)32-17-8-2-1-5-14(17)11-27-18(28)13-30-20(29)16-7-4-10-26-19(16)31-15-6-3-9-25-12-15/h1-10,12H,11,13H2,(H,27,28). The minimum Gasteiger partial charge on any atom is -0.452 e. The number of nitrogens with one attached hydrogen (secondary N) is 1. The fraction of sp³-hybridized carbons (Fsp3) is 0.143. The lowest BCUT2D eigenvalue weighted by atomic mass is 10.2. The van der Waals surface area contributed by atoms with Gasteiger partial charge in [0.25, 0.3) is 5.91 Å². The summed E-state index contributed by atoms with van der Waals surface area (Å²) in [7, 11) is 0. The summed E-state index contributed by atoms with van der Waals surface area (Å²) in [4.78, 5) is 32.3. The van der Waals surface area contributed by atoms with E-state index in [9.17, 15) is 22.8 Å². The van der Waals surface area contributed by atoms with Gasteiger partial charge in [0.1, 0.15) is 17.1 Å². The third kappa shape index (κ3) is 6.69. The summed E-state index contributed by atoms with van der Waals surface area (Å²) in [6.07, 6.45) is -0.477. The number of alkyl halides is 3. The zero-order valence-corrected chi connectivity index (χ0v) is 16.3. The zero-order valence-electron chi connectivity index (χ0n) is 16.3. The number of nitrogens with zero attached hydrogens (tertiary/aromatic N) is 2. The van der Waals surface area contributed by atoms with Gasteiger partial charge in [0.2, 0.25) is 5.88 Å². The average Bonchev–Trinajstić information content (AvgIpc) is 2.77. The van der Waals surface area contributed by atoms with Crippen molar-refractivity contribution in [2.45, 2.75) is 12.9 Å². The molecule has 0 aliphatic rings. The van der Waals surface area contributed by atoms with Gasteiger partial charge in [-0.2, -0.15) is 0 Å². The van der Waals surface area contributed by atoms with E-state index in [2.05, 4.69) is 20.0 Å². The third-order valence-electron chi connectivity index (χ3n) is 3.85. The van der Waals surface area contributed by atoms with E-state index >= 15 is 0 Å². The molecule has 0 unspecified atom stereocenters. The van der Waals surface area contributed by atoms with Crippen molar-refractivity contribution in [2.24, 2.45) is 0 Å². The van der Waals surface area contributed by atoms with Crippen LogP contribution in [-0.2, 0) is 16.1 Å². The van der Waals surface area contributed by atoms with Crippen molar-refractivity contribution in [3.8, 4) is 17.4 Å². The van der Waals surface area contributed by atoms with Gasteiger partial charge in [-0.25, -0.2) is 9.78 Å². The van der Waals surface area contributed by atoms with Gasteiger partial charge < -0.3 is 19.5 Å². The maximum Gasteiger partial charge on any atom is 0.573 e. The van der Waals surface area contributed by atoms with Gasteiger partial charge in [0, 0.05) is 24.5 Å². The predicted octanol–water partition coefficient (Wildman–Crippen LogP) is 3.64. The molecule has 8 nitrogen and oxygen atoms in total. The molecule has 166 valence electrons. The molecule has 1 aromatic carbocycles. The normalized spacial score (nSPS) is 10.8. The topological polar surface area (TPSA) is 99.6 Å². The molecule has 3 rings (SSSR count). The van der Waals surface area contributed by atoms with Gasteiger partial charge in [-0.3, -0.25) is 9.78 Å². The van der Waals surface area contributed by atoms with Gasteiger partial charge in [0.05, 0.1) is 6.20 Å². The highest BCUT2D eigenvalue weighted by Gasteiger charge is 2.32. The summed E-state index contributed by atoms with van der Waals surface area (Å²) in [5.74, 6) is -1.72. The van der Waals surface area contributed by atoms with Crippen LogP contribution in [-0.4, -0.2) is 34.8 Å². The number of benzene rings is 1. The van der Waals surface area contributed by atoms with Crippen LogP contribution in [0.2, 0.25) is 0 Å². The first kappa shape index (κ1) is 22.5. The van der Waals surface area contributed by atoms with Gasteiger partial charge in [-0.05, 0) is 30.3 Å². The van der Waals surface area contributed by atoms with E-state index in [1.54, 1.807) is 18.3 Å². The Labute approximate surface area is 180 Å². The van der Waals surface area contributed by atoms with Crippen molar-refractivity contribution in [2.75, 3.05) is 6.61 Å². The van der Waals surface area contributed by atoms with Crippen LogP contribution in [0, 0.1) is 0 Å². The second-order valence-corrected chi connectivity index (χ2v) is 6.16. The largest absolute Gasteiger partial charge is 0.573 e. The smallest absolute Gasteiger partial charge is 0.452 e. The molecule has 0 radical (unpaired) electrons. The summed E-state index contributed by atoms with van der Waals surface area (Å²) >= 11 is 0. The molecule has 1 amide bonds. The number of carbonyl (C=O) groups excluding carboxylic acids is 2. The monoisotopic (exact) mass is 447 g/mol. The molecule has 0 saturated carbocycles. The SMILES string of the molecule is O=C(COC(=O)c1cccnc1Oc1cccnc1)NCc1ccccc1OC(F)(F)F. The molecule has 0 spiro atoms. The van der Waals surface area contributed by atoms with Gasteiger partial charge in [-0.1, -0.05) is 18.2 Å². The van der Waals surface area contributed by atoms with Crippen LogP contribution in [0.25, 0.3) is 0 Å². The highest BCUT2D eigenvalue weighted by molar-refractivity contribution is 5.93. The van der Waals surface area contributed by atoms with Crippen molar-refractivity contribution >= 4 is 11.9 Å². The number of halogens is 3. The van der Waals surface area contributed by atoms with Crippen molar-refractivity contribution in [3.63, 3.8) is 0 Å². The first-order chi connectivity index (χ1) is 15.3. The molecule has 1 N–H and O–H groups in total. The van der Waals surface area contributed by atoms with Crippen LogP contribution in [0.4, 0.5) is 13.2 Å². The van der Waals surface area contributed by atoms with Crippen LogP contribution in [0.5, 0.6) is 17.4 Å². The number of hydrogen-bond acceptors (Lipinski definition) is 7. The summed E-state index contributed by atoms with van der Waals surface area (Å²) < 4.78 is 51.8. The molecule has 2 heterocycles. The lowest BCUT2D eigenvalue weighted by molar-refractivity contribution is -0.274. The van der Waals surface area contributed by atoms with Crippen molar-refractivity contribution < 1.29 is 37.0 Å². The molecule has 0 saturated heterocycles. The minimum atomic E-state index is -4.87. The highest BCUT2D eigenvalue weighted by Crippen LogP contribution is 2.26. The molecule has 3 aromatic rings. The number of esters is 1. The molecule has 32 heavy (non-hydrogen) atoms. The average molecular weight is 447 g/mol. The number of hydrogen-bond donors (Lipinski definition) is 1. The second-order valence-electron chi connectivity index (χ2n) is 6.16. The lowest BCUT2D eigenvalue weighted by Crippen LogP contribution is -2.29. The van der Waals surface area contributed by atoms with Gasteiger partial charge >= 0.3 is 12.3 Å². The van der Waals surface area contributed by atoms with Gasteiger partial charge in [-0.15, -0.1) is 13.2 Å². The molecule has 0 aliphatic heterocycles. The number of amides is 1. The Morgan fingerprint density at radius 2 is 1.78 bits per heavy atom. The van der Waals surface area contributed by atoms with Crippen molar-refractivity contribution in [1.82, 2.24) is 15.3 Å². The van der Waals surface area contributed by atoms with E-state index in [0.717, 1.165) is 6.07 Å². The molecular weight excluding hydrogens is 431 g/mol. The van der Waals surface area contributed by atoms with Crippen LogP contribution in [0.3, 0.4) is 0 Å².